The summed E-state index contributed by atoms with van der Waals surface area (Å²) in [5, 5.41) is 11.1. The number of rotatable bonds is 16. The second kappa shape index (κ2) is 16.7. The van der Waals surface area contributed by atoms with Gasteiger partial charge >= 0.3 is 0 Å². The normalized spacial score (nSPS) is 12.2. The monoisotopic (exact) mass is 694 g/mol. The average molecular weight is 695 g/mol. The van der Waals surface area contributed by atoms with Gasteiger partial charge in [-0.1, -0.05) is 91.0 Å². The molecule has 0 unspecified atom stereocenters. The predicted octanol–water partition coefficient (Wildman–Crippen LogP) is 7.64. The molecule has 50 heavy (non-hydrogen) atoms. The molecule has 5 rings (SSSR count). The molecule has 0 aliphatic carbocycles. The van der Waals surface area contributed by atoms with Crippen LogP contribution in [0.1, 0.15) is 50.9 Å². The van der Waals surface area contributed by atoms with Crippen molar-refractivity contribution in [1.82, 2.24) is 4.90 Å². The minimum Gasteiger partial charge on any atom is -0.496 e. The third-order valence-corrected chi connectivity index (χ3v) is 9.41. The summed E-state index contributed by atoms with van der Waals surface area (Å²) >= 11 is 0. The summed E-state index contributed by atoms with van der Waals surface area (Å²) in [5.74, 6) is 1.93. The van der Waals surface area contributed by atoms with E-state index in [9.17, 15) is 13.5 Å². The minimum absolute atomic E-state index is 0.0935. The lowest BCUT2D eigenvalue weighted by molar-refractivity contribution is 0.113. The second-order valence-corrected chi connectivity index (χ2v) is 14.3. The fourth-order valence-corrected chi connectivity index (χ4v) is 6.88. The maximum atomic E-state index is 12.5. The first kappa shape index (κ1) is 36.5. The van der Waals surface area contributed by atoms with Gasteiger partial charge in [0.2, 0.25) is 10.0 Å². The van der Waals surface area contributed by atoms with Crippen molar-refractivity contribution in [3.05, 3.63) is 154 Å². The van der Waals surface area contributed by atoms with Gasteiger partial charge in [0.25, 0.3) is 0 Å². The average Bonchev–Trinajstić information content (AvgIpc) is 3.10. The van der Waals surface area contributed by atoms with Crippen LogP contribution >= 0.6 is 0 Å². The van der Waals surface area contributed by atoms with Gasteiger partial charge in [0, 0.05) is 19.0 Å². The number of hydrogen-bond donors (Lipinski definition) is 2. The smallest absolute Gasteiger partial charge is 0.229 e. The standard InChI is InChI=1S/C41H46N2O6S/c1-29-22-33(16-19-39(29)47-3)36(34-17-20-40(48-4)30(2)23-34)26-43(25-31-12-8-6-9-13-31)38(27-44)35-18-21-41(37(24-35)42-50(5,45)46)49-28-32-14-10-7-11-15-32/h6-24,36,38,42,44H,25-28H2,1-5H3/t38-/m0/s1. The van der Waals surface area contributed by atoms with E-state index in [-0.39, 0.29) is 19.1 Å². The summed E-state index contributed by atoms with van der Waals surface area (Å²) < 4.78 is 45.0. The molecule has 0 fully saturated rings. The zero-order valence-corrected chi connectivity index (χ0v) is 30.1. The zero-order valence-electron chi connectivity index (χ0n) is 29.3. The highest BCUT2D eigenvalue weighted by atomic mass is 32.2. The van der Waals surface area contributed by atoms with Gasteiger partial charge in [0.05, 0.1) is 38.8 Å². The number of hydrogen-bond acceptors (Lipinski definition) is 7. The van der Waals surface area contributed by atoms with Crippen LogP contribution in [0.3, 0.4) is 0 Å². The topological polar surface area (TPSA) is 97.3 Å². The maximum Gasteiger partial charge on any atom is 0.229 e. The Morgan fingerprint density at radius 2 is 1.22 bits per heavy atom. The number of nitrogens with one attached hydrogen (secondary N) is 1. The van der Waals surface area contributed by atoms with Gasteiger partial charge in [-0.25, -0.2) is 8.42 Å². The molecule has 5 aromatic carbocycles. The summed E-state index contributed by atoms with van der Waals surface area (Å²) in [4.78, 5) is 2.25. The highest BCUT2D eigenvalue weighted by Crippen LogP contribution is 2.37. The maximum absolute atomic E-state index is 12.5. The van der Waals surface area contributed by atoms with E-state index in [0.29, 0.717) is 24.5 Å². The number of sulfonamides is 1. The summed E-state index contributed by atoms with van der Waals surface area (Å²) in [5.41, 5.74) is 7.35. The van der Waals surface area contributed by atoms with Gasteiger partial charge in [-0.3, -0.25) is 9.62 Å². The summed E-state index contributed by atoms with van der Waals surface area (Å²) in [6.07, 6.45) is 1.12. The largest absolute Gasteiger partial charge is 0.496 e. The van der Waals surface area contributed by atoms with E-state index in [1.807, 2.05) is 80.6 Å². The number of anilines is 1. The lowest BCUT2D eigenvalue weighted by atomic mass is 9.87. The van der Waals surface area contributed by atoms with Crippen LogP contribution in [-0.4, -0.2) is 52.1 Å². The molecule has 262 valence electrons. The minimum atomic E-state index is -3.64. The number of aryl methyl sites for hydroxylation is 2. The number of benzene rings is 5. The van der Waals surface area contributed by atoms with Crippen molar-refractivity contribution in [3.8, 4) is 17.2 Å². The molecule has 0 spiro atoms. The molecular formula is C41H46N2O6S. The molecule has 9 heteroatoms. The molecule has 1 atom stereocenters. The number of aliphatic hydroxyl groups excluding tert-OH is 1. The van der Waals surface area contributed by atoms with E-state index in [2.05, 4.69) is 46.0 Å². The van der Waals surface area contributed by atoms with Crippen molar-refractivity contribution < 1.29 is 27.7 Å². The first-order valence-corrected chi connectivity index (χ1v) is 18.4. The summed E-state index contributed by atoms with van der Waals surface area (Å²) in [7, 11) is -0.295. The van der Waals surface area contributed by atoms with E-state index < -0.39 is 16.1 Å². The van der Waals surface area contributed by atoms with Crippen molar-refractivity contribution in [1.29, 1.82) is 0 Å². The third kappa shape index (κ3) is 9.44. The van der Waals surface area contributed by atoms with Gasteiger partial charge in [0.1, 0.15) is 23.9 Å². The molecule has 0 aliphatic rings. The first-order chi connectivity index (χ1) is 24.1. The number of aliphatic hydroxyl groups is 1. The fraction of sp³-hybridized carbons (Fsp3) is 0.268. The molecule has 0 bridgehead atoms. The van der Waals surface area contributed by atoms with E-state index >= 15 is 0 Å². The summed E-state index contributed by atoms with van der Waals surface area (Å²) in [6, 6.07) is 37.3. The fourth-order valence-electron chi connectivity index (χ4n) is 6.32. The molecule has 0 saturated heterocycles. The van der Waals surface area contributed by atoms with Crippen LogP contribution < -0.4 is 18.9 Å². The molecule has 0 aliphatic heterocycles. The lowest BCUT2D eigenvalue weighted by Gasteiger charge is -2.35. The van der Waals surface area contributed by atoms with Crippen molar-refractivity contribution in [2.24, 2.45) is 0 Å². The van der Waals surface area contributed by atoms with Gasteiger partial charge in [-0.15, -0.1) is 0 Å². The van der Waals surface area contributed by atoms with Gasteiger partial charge in [-0.05, 0) is 77.1 Å². The van der Waals surface area contributed by atoms with Crippen LogP contribution in [0.25, 0.3) is 0 Å². The molecule has 0 amide bonds. The Bertz CT molecular complexity index is 1920. The lowest BCUT2D eigenvalue weighted by Crippen LogP contribution is -2.35. The Hall–Kier alpha value is -4.83. The van der Waals surface area contributed by atoms with Crippen LogP contribution in [-0.2, 0) is 23.2 Å². The Morgan fingerprint density at radius 1 is 0.700 bits per heavy atom. The van der Waals surface area contributed by atoms with Crippen molar-refractivity contribution in [3.63, 3.8) is 0 Å². The second-order valence-electron chi connectivity index (χ2n) is 12.5. The van der Waals surface area contributed by atoms with E-state index in [0.717, 1.165) is 56.7 Å². The van der Waals surface area contributed by atoms with Crippen molar-refractivity contribution in [2.45, 2.75) is 39.0 Å². The third-order valence-electron chi connectivity index (χ3n) is 8.82. The molecule has 8 nitrogen and oxygen atoms in total. The molecule has 0 saturated carbocycles. The Kier molecular flexibility index (Phi) is 12.2. The predicted molar refractivity (Wildman–Crippen MR) is 200 cm³/mol. The Balaban J connectivity index is 1.58. The zero-order chi connectivity index (χ0) is 35.7. The molecule has 0 heterocycles. The van der Waals surface area contributed by atoms with E-state index in [1.54, 1.807) is 26.4 Å². The van der Waals surface area contributed by atoms with E-state index in [1.165, 1.54) is 0 Å². The van der Waals surface area contributed by atoms with E-state index in [4.69, 9.17) is 14.2 Å². The highest BCUT2D eigenvalue weighted by molar-refractivity contribution is 7.92. The number of ether oxygens (including phenoxy) is 3. The van der Waals surface area contributed by atoms with Crippen molar-refractivity contribution in [2.75, 3.05) is 38.3 Å². The Morgan fingerprint density at radius 3 is 1.72 bits per heavy atom. The van der Waals surface area contributed by atoms with Crippen LogP contribution in [0, 0.1) is 13.8 Å². The SMILES string of the molecule is COc1ccc(C(CN(Cc2ccccc2)[C@@H](CO)c2ccc(OCc3ccccc3)c(NS(C)(=O)=O)c2)c2ccc(OC)c(C)c2)cc1C. The highest BCUT2D eigenvalue weighted by Gasteiger charge is 2.27. The quantitative estimate of drug-likeness (QED) is 0.110. The molecule has 2 N–H and O–H groups in total. The van der Waals surface area contributed by atoms with Crippen LogP contribution in [0.2, 0.25) is 0 Å². The van der Waals surface area contributed by atoms with Crippen LogP contribution in [0.5, 0.6) is 17.2 Å². The number of methoxy groups -OCH3 is 2. The van der Waals surface area contributed by atoms with Gasteiger partial charge in [-0.2, -0.15) is 0 Å². The Labute approximate surface area is 296 Å². The molecule has 0 aromatic heterocycles. The van der Waals surface area contributed by atoms with Gasteiger partial charge in [0.15, 0.2) is 0 Å². The van der Waals surface area contributed by atoms with Crippen molar-refractivity contribution >= 4 is 15.7 Å². The van der Waals surface area contributed by atoms with Crippen LogP contribution in [0.4, 0.5) is 5.69 Å². The van der Waals surface area contributed by atoms with Gasteiger partial charge < -0.3 is 19.3 Å². The molecule has 0 radical (unpaired) electrons. The number of nitrogens with zero attached hydrogens (tertiary/aromatic N) is 1. The van der Waals surface area contributed by atoms with Crippen LogP contribution in [0.15, 0.2) is 115 Å². The molecule has 5 aromatic rings. The molecular weight excluding hydrogens is 649 g/mol. The first-order valence-electron chi connectivity index (χ1n) is 16.5. The summed E-state index contributed by atoms with van der Waals surface area (Å²) in [6.45, 7) is 5.22.